The van der Waals surface area contributed by atoms with E-state index in [2.05, 4.69) is 79.7 Å². The van der Waals surface area contributed by atoms with Crippen LogP contribution in [-0.2, 0) is 44.8 Å². The highest BCUT2D eigenvalue weighted by Crippen LogP contribution is 2.40. The van der Waals surface area contributed by atoms with Crippen molar-refractivity contribution in [2.75, 3.05) is 0 Å². The summed E-state index contributed by atoms with van der Waals surface area (Å²) in [6.07, 6.45) is 10.0. The first-order chi connectivity index (χ1) is 22.4. The van der Waals surface area contributed by atoms with Crippen molar-refractivity contribution in [2.24, 2.45) is 11.8 Å². The van der Waals surface area contributed by atoms with Crippen LogP contribution in [0.2, 0.25) is 0 Å². The second kappa shape index (κ2) is 17.6. The predicted molar refractivity (Wildman–Crippen MR) is 193 cm³/mol. The molecule has 1 N–H and O–H groups in total. The van der Waals surface area contributed by atoms with E-state index in [1.165, 1.54) is 40.3 Å². The van der Waals surface area contributed by atoms with E-state index in [1.807, 2.05) is 0 Å². The van der Waals surface area contributed by atoms with E-state index in [0.717, 1.165) is 62.5 Å². The van der Waals surface area contributed by atoms with Crippen LogP contribution < -0.4 is 0 Å². The maximum atomic E-state index is 13.0. The topological polar surface area (TPSA) is 80.7 Å². The Kier molecular flexibility index (Phi) is 14.2. The fourth-order valence-corrected chi connectivity index (χ4v) is 7.62. The standard InChI is InChI=1S/C22H30O3.C20H28O2/c1-6-9-16-12-19(24)22(20(13-16)25-15(5)23)21-17(7-2)10-14(4)11-18(21)8-3;1-5-8-14-11-17(21)20(18(22)12-14)19-15(6-2)9-13(4)10-16(19)7-3/h10-11,16H,6-9,12-13H2,1-5H3;9-10,14,21H,5-8,11-12H2,1-4H3. The molecule has 2 aliphatic carbocycles. The SMILES string of the molecule is CCCC1CC(=O)C(c2c(CC)cc(C)cc2CC)=C(O)C1.CCCC1CC(=O)C(c2c(CC)cc(C)cc2CC)=C(OC(C)=O)C1. The van der Waals surface area contributed by atoms with Crippen LogP contribution >= 0.6 is 0 Å². The summed E-state index contributed by atoms with van der Waals surface area (Å²) >= 11 is 0. The van der Waals surface area contributed by atoms with Gasteiger partial charge in [-0.1, -0.05) is 89.8 Å². The molecule has 0 aliphatic heterocycles. The van der Waals surface area contributed by atoms with Gasteiger partial charge in [0, 0.05) is 32.6 Å². The number of benzene rings is 2. The van der Waals surface area contributed by atoms with Gasteiger partial charge in [-0.25, -0.2) is 0 Å². The lowest BCUT2D eigenvalue weighted by Crippen LogP contribution is -2.22. The van der Waals surface area contributed by atoms with E-state index < -0.39 is 0 Å². The Labute approximate surface area is 283 Å². The molecule has 2 aromatic rings. The van der Waals surface area contributed by atoms with Crippen molar-refractivity contribution in [2.45, 2.75) is 139 Å². The predicted octanol–water partition coefficient (Wildman–Crippen LogP) is 10.3. The summed E-state index contributed by atoms with van der Waals surface area (Å²) in [5, 5.41) is 10.6. The summed E-state index contributed by atoms with van der Waals surface area (Å²) in [6.45, 7) is 18.3. The molecule has 0 spiro atoms. The lowest BCUT2D eigenvalue weighted by molar-refractivity contribution is -0.137. The average molecular weight is 643 g/mol. The van der Waals surface area contributed by atoms with Crippen molar-refractivity contribution >= 4 is 28.7 Å². The fraction of sp³-hybridized carbons (Fsp3) is 0.548. The maximum Gasteiger partial charge on any atom is 0.307 e. The van der Waals surface area contributed by atoms with Gasteiger partial charge < -0.3 is 9.84 Å². The number of hydrogen-bond donors (Lipinski definition) is 1. The number of ether oxygens (including phenoxy) is 1. The third kappa shape index (κ3) is 9.33. The first kappa shape index (κ1) is 38.0. The maximum absolute atomic E-state index is 13.0. The molecule has 0 aromatic heterocycles. The molecule has 47 heavy (non-hydrogen) atoms. The van der Waals surface area contributed by atoms with Gasteiger partial charge in [-0.05, 0) is 97.6 Å². The van der Waals surface area contributed by atoms with Gasteiger partial charge in [-0.15, -0.1) is 0 Å². The second-order valence-electron chi connectivity index (χ2n) is 13.5. The highest BCUT2D eigenvalue weighted by atomic mass is 16.5. The molecule has 0 saturated carbocycles. The van der Waals surface area contributed by atoms with E-state index in [9.17, 15) is 19.5 Å². The van der Waals surface area contributed by atoms with E-state index in [4.69, 9.17) is 4.74 Å². The largest absolute Gasteiger partial charge is 0.512 e. The summed E-state index contributed by atoms with van der Waals surface area (Å²) in [4.78, 5) is 37.4. The van der Waals surface area contributed by atoms with Gasteiger partial charge >= 0.3 is 5.97 Å². The van der Waals surface area contributed by atoms with E-state index in [1.54, 1.807) is 0 Å². The minimum atomic E-state index is -0.347. The first-order valence-corrected chi connectivity index (χ1v) is 18.1. The van der Waals surface area contributed by atoms with Gasteiger partial charge in [0.25, 0.3) is 0 Å². The number of carbonyl (C=O) groups excluding carboxylic acids is 3. The lowest BCUT2D eigenvalue weighted by Gasteiger charge is -2.27. The van der Waals surface area contributed by atoms with Gasteiger partial charge in [-0.2, -0.15) is 0 Å². The minimum Gasteiger partial charge on any atom is -0.512 e. The summed E-state index contributed by atoms with van der Waals surface area (Å²) in [5.74, 6) is 1.36. The smallest absolute Gasteiger partial charge is 0.307 e. The summed E-state index contributed by atoms with van der Waals surface area (Å²) in [5.41, 5.74) is 10.4. The van der Waals surface area contributed by atoms with Gasteiger partial charge in [0.15, 0.2) is 11.6 Å². The van der Waals surface area contributed by atoms with Crippen molar-refractivity contribution in [1.29, 1.82) is 0 Å². The molecule has 0 bridgehead atoms. The molecule has 4 rings (SSSR count). The van der Waals surface area contributed by atoms with Gasteiger partial charge in [-0.3, -0.25) is 14.4 Å². The van der Waals surface area contributed by atoms with E-state index in [-0.39, 0.29) is 23.5 Å². The quantitative estimate of drug-likeness (QED) is 0.247. The third-order valence-electron chi connectivity index (χ3n) is 9.61. The number of rotatable bonds is 11. The molecule has 5 heteroatoms. The number of hydrogen-bond acceptors (Lipinski definition) is 5. The molecule has 2 atom stereocenters. The zero-order valence-corrected chi connectivity index (χ0v) is 30.5. The molecule has 2 unspecified atom stereocenters. The Morgan fingerprint density at radius 2 is 1.04 bits per heavy atom. The monoisotopic (exact) mass is 642 g/mol. The highest BCUT2D eigenvalue weighted by Gasteiger charge is 2.33. The normalized spacial score (nSPS) is 18.3. The fourth-order valence-electron chi connectivity index (χ4n) is 7.62. The van der Waals surface area contributed by atoms with Crippen LogP contribution in [-0.4, -0.2) is 22.6 Å². The number of aliphatic hydroxyl groups is 1. The summed E-state index contributed by atoms with van der Waals surface area (Å²) in [6, 6.07) is 8.61. The Balaban J connectivity index is 0.000000257. The molecular formula is C42H58O5. The molecule has 2 aromatic carbocycles. The Morgan fingerprint density at radius 3 is 1.40 bits per heavy atom. The number of aryl methyl sites for hydroxylation is 6. The Bertz CT molecular complexity index is 1470. The average Bonchev–Trinajstić information content (AvgIpc) is 3.01. The van der Waals surface area contributed by atoms with Crippen LogP contribution in [0.25, 0.3) is 11.1 Å². The van der Waals surface area contributed by atoms with Crippen molar-refractivity contribution in [3.63, 3.8) is 0 Å². The van der Waals surface area contributed by atoms with Crippen molar-refractivity contribution in [3.05, 3.63) is 80.3 Å². The molecular weight excluding hydrogens is 584 g/mol. The molecule has 0 heterocycles. The molecule has 256 valence electrons. The zero-order valence-electron chi connectivity index (χ0n) is 30.5. The van der Waals surface area contributed by atoms with Crippen LogP contribution in [0.1, 0.15) is 144 Å². The van der Waals surface area contributed by atoms with Gasteiger partial charge in [0.05, 0.1) is 11.1 Å². The zero-order chi connectivity index (χ0) is 34.8. The van der Waals surface area contributed by atoms with Crippen molar-refractivity contribution in [1.82, 2.24) is 0 Å². The number of carbonyl (C=O) groups is 3. The third-order valence-corrected chi connectivity index (χ3v) is 9.61. The summed E-state index contributed by atoms with van der Waals surface area (Å²) < 4.78 is 5.55. The minimum absolute atomic E-state index is 0.120. The van der Waals surface area contributed by atoms with Crippen LogP contribution in [0.15, 0.2) is 35.8 Å². The molecule has 0 amide bonds. The molecule has 0 saturated heterocycles. The highest BCUT2D eigenvalue weighted by molar-refractivity contribution is 6.23. The molecule has 0 radical (unpaired) electrons. The Morgan fingerprint density at radius 1 is 0.660 bits per heavy atom. The van der Waals surface area contributed by atoms with Gasteiger partial charge in [0.1, 0.15) is 11.5 Å². The molecule has 0 fully saturated rings. The second-order valence-corrected chi connectivity index (χ2v) is 13.5. The van der Waals surface area contributed by atoms with Crippen molar-refractivity contribution < 1.29 is 24.2 Å². The lowest BCUT2D eigenvalue weighted by atomic mass is 9.78. The first-order valence-electron chi connectivity index (χ1n) is 18.1. The number of esters is 1. The number of Topliss-reactive ketones (excluding diaryl/α,β-unsaturated/α-hetero) is 2. The number of ketones is 2. The van der Waals surface area contributed by atoms with E-state index >= 15 is 0 Å². The van der Waals surface area contributed by atoms with E-state index in [0.29, 0.717) is 54.3 Å². The number of allylic oxidation sites excluding steroid dienone is 4. The van der Waals surface area contributed by atoms with Crippen molar-refractivity contribution in [3.8, 4) is 0 Å². The van der Waals surface area contributed by atoms with Crippen LogP contribution in [0.5, 0.6) is 0 Å². The summed E-state index contributed by atoms with van der Waals surface area (Å²) in [7, 11) is 0. The van der Waals surface area contributed by atoms with Crippen LogP contribution in [0, 0.1) is 25.7 Å². The van der Waals surface area contributed by atoms with Crippen LogP contribution in [0.3, 0.4) is 0 Å². The van der Waals surface area contributed by atoms with Gasteiger partial charge in [0.2, 0.25) is 0 Å². The molecule has 2 aliphatic rings. The van der Waals surface area contributed by atoms with Crippen LogP contribution in [0.4, 0.5) is 0 Å². The Hall–Kier alpha value is -3.47. The number of aliphatic hydroxyl groups excluding tert-OH is 1. The molecule has 5 nitrogen and oxygen atoms in total.